The van der Waals surface area contributed by atoms with Crippen LogP contribution in [0, 0.1) is 0 Å². The van der Waals surface area contributed by atoms with Crippen LogP contribution in [0.3, 0.4) is 0 Å². The van der Waals surface area contributed by atoms with Crippen molar-refractivity contribution in [3.63, 3.8) is 0 Å². The molecule has 0 saturated carbocycles. The maximum atomic E-state index is 12.6. The molecule has 0 unspecified atom stereocenters. The predicted octanol–water partition coefficient (Wildman–Crippen LogP) is 4.30. The molecule has 0 spiro atoms. The number of nitrogens with one attached hydrogen (secondary N) is 2. The molecule has 0 heterocycles. The second-order valence-electron chi connectivity index (χ2n) is 5.58. The van der Waals surface area contributed by atoms with E-state index in [2.05, 4.69) is 10.6 Å². The average Bonchev–Trinajstić information content (AvgIpc) is 2.30. The Morgan fingerprint density at radius 2 is 1.82 bits per heavy atom. The molecule has 1 amide bonds. The second-order valence-corrected chi connectivity index (χ2v) is 6.02. The topological polar surface area (TPSA) is 50.4 Å². The van der Waals surface area contributed by atoms with Gasteiger partial charge in [-0.1, -0.05) is 11.6 Å². The van der Waals surface area contributed by atoms with E-state index in [1.807, 2.05) is 0 Å². The largest absolute Gasteiger partial charge is 0.444 e. The highest BCUT2D eigenvalue weighted by molar-refractivity contribution is 6.30. The third-order valence-electron chi connectivity index (χ3n) is 2.35. The number of ether oxygens (including phenoxy) is 1. The van der Waals surface area contributed by atoms with Crippen LogP contribution in [0.5, 0.6) is 0 Å². The van der Waals surface area contributed by atoms with Gasteiger partial charge in [0.05, 0.1) is 5.56 Å². The number of rotatable bonds is 4. The summed E-state index contributed by atoms with van der Waals surface area (Å²) in [6, 6.07) is 3.19. The van der Waals surface area contributed by atoms with E-state index in [1.165, 1.54) is 6.07 Å². The number of alkyl carbamates (subject to hydrolysis) is 1. The standard InChI is InChI=1S/C14H18ClF3N2O2/c1-13(2,3)22-12(21)20-5-4-19-11-7-9(14(16,17)18)6-10(15)8-11/h6-8,19H,4-5H2,1-3H3,(H,20,21). The highest BCUT2D eigenvalue weighted by Crippen LogP contribution is 2.33. The van der Waals surface area contributed by atoms with Crippen LogP contribution >= 0.6 is 11.6 Å². The Hall–Kier alpha value is -1.63. The number of hydrogen-bond acceptors (Lipinski definition) is 3. The number of carbonyl (C=O) groups is 1. The molecule has 0 aliphatic heterocycles. The fraction of sp³-hybridized carbons (Fsp3) is 0.500. The third-order valence-corrected chi connectivity index (χ3v) is 2.57. The minimum absolute atomic E-state index is 0.0163. The zero-order valence-corrected chi connectivity index (χ0v) is 13.2. The molecule has 22 heavy (non-hydrogen) atoms. The minimum atomic E-state index is -4.46. The Labute approximate surface area is 132 Å². The molecule has 0 fully saturated rings. The van der Waals surface area contributed by atoms with Crippen LogP contribution in [0.25, 0.3) is 0 Å². The van der Waals surface area contributed by atoms with Gasteiger partial charge in [0.25, 0.3) is 0 Å². The molecular weight excluding hydrogens is 321 g/mol. The van der Waals surface area contributed by atoms with Crippen molar-refractivity contribution < 1.29 is 22.7 Å². The average molecular weight is 339 g/mol. The normalized spacial score (nSPS) is 12.0. The number of amides is 1. The van der Waals surface area contributed by atoms with Gasteiger partial charge in [-0.25, -0.2) is 4.79 Å². The monoisotopic (exact) mass is 338 g/mol. The molecule has 4 nitrogen and oxygen atoms in total. The van der Waals surface area contributed by atoms with Crippen LogP contribution in [0.4, 0.5) is 23.7 Å². The molecule has 1 rings (SSSR count). The molecule has 0 aliphatic carbocycles. The number of halogens is 4. The number of hydrogen-bond donors (Lipinski definition) is 2. The van der Waals surface area contributed by atoms with Gasteiger partial charge < -0.3 is 15.4 Å². The van der Waals surface area contributed by atoms with Crippen molar-refractivity contribution in [3.05, 3.63) is 28.8 Å². The van der Waals surface area contributed by atoms with Gasteiger partial charge in [0.2, 0.25) is 0 Å². The van der Waals surface area contributed by atoms with E-state index >= 15 is 0 Å². The lowest BCUT2D eigenvalue weighted by Crippen LogP contribution is -2.35. The molecular formula is C14H18ClF3N2O2. The van der Waals surface area contributed by atoms with E-state index in [1.54, 1.807) is 20.8 Å². The van der Waals surface area contributed by atoms with Gasteiger partial charge in [0.1, 0.15) is 5.60 Å². The summed E-state index contributed by atoms with van der Waals surface area (Å²) in [7, 11) is 0. The van der Waals surface area contributed by atoms with Crippen molar-refractivity contribution in [2.75, 3.05) is 18.4 Å². The van der Waals surface area contributed by atoms with E-state index < -0.39 is 23.4 Å². The lowest BCUT2D eigenvalue weighted by molar-refractivity contribution is -0.137. The zero-order valence-electron chi connectivity index (χ0n) is 12.5. The summed E-state index contributed by atoms with van der Waals surface area (Å²) in [6.07, 6.45) is -5.05. The highest BCUT2D eigenvalue weighted by Gasteiger charge is 2.31. The fourth-order valence-corrected chi connectivity index (χ4v) is 1.78. The number of anilines is 1. The Morgan fingerprint density at radius 1 is 1.18 bits per heavy atom. The molecule has 124 valence electrons. The van der Waals surface area contributed by atoms with Crippen LogP contribution in [0.1, 0.15) is 26.3 Å². The number of alkyl halides is 3. The van der Waals surface area contributed by atoms with E-state index in [-0.39, 0.29) is 23.8 Å². The predicted molar refractivity (Wildman–Crippen MR) is 79.2 cm³/mol. The summed E-state index contributed by atoms with van der Waals surface area (Å²) in [5.41, 5.74) is -1.21. The van der Waals surface area contributed by atoms with Gasteiger partial charge in [-0.05, 0) is 39.0 Å². The summed E-state index contributed by atoms with van der Waals surface area (Å²) < 4.78 is 42.9. The van der Waals surface area contributed by atoms with Gasteiger partial charge in [-0.2, -0.15) is 13.2 Å². The van der Waals surface area contributed by atoms with Crippen molar-refractivity contribution in [1.82, 2.24) is 5.32 Å². The first kappa shape index (κ1) is 18.4. The third kappa shape index (κ3) is 6.89. The first-order chi connectivity index (χ1) is 9.97. The maximum Gasteiger partial charge on any atom is 0.416 e. The maximum absolute atomic E-state index is 12.6. The Bertz CT molecular complexity index is 528. The summed E-state index contributed by atoms with van der Waals surface area (Å²) >= 11 is 5.66. The van der Waals surface area contributed by atoms with E-state index in [0.29, 0.717) is 0 Å². The fourth-order valence-electron chi connectivity index (χ4n) is 1.54. The minimum Gasteiger partial charge on any atom is -0.444 e. The molecule has 1 aromatic carbocycles. The van der Waals surface area contributed by atoms with E-state index in [9.17, 15) is 18.0 Å². The summed E-state index contributed by atoms with van der Waals surface area (Å²) in [5, 5.41) is 5.24. The molecule has 0 atom stereocenters. The van der Waals surface area contributed by atoms with Crippen LogP contribution < -0.4 is 10.6 Å². The first-order valence-corrected chi connectivity index (χ1v) is 6.94. The first-order valence-electron chi connectivity index (χ1n) is 6.56. The van der Waals surface area contributed by atoms with Crippen molar-refractivity contribution in [3.8, 4) is 0 Å². The molecule has 0 radical (unpaired) electrons. The summed E-state index contributed by atoms with van der Waals surface area (Å²) in [4.78, 5) is 11.4. The summed E-state index contributed by atoms with van der Waals surface area (Å²) in [5.74, 6) is 0. The quantitative estimate of drug-likeness (QED) is 0.805. The van der Waals surface area contributed by atoms with Crippen LogP contribution in [0.2, 0.25) is 5.02 Å². The Kier molecular flexibility index (Phi) is 5.93. The highest BCUT2D eigenvalue weighted by atomic mass is 35.5. The molecule has 0 bridgehead atoms. The molecule has 2 N–H and O–H groups in total. The molecule has 0 aromatic heterocycles. The lowest BCUT2D eigenvalue weighted by Gasteiger charge is -2.19. The van der Waals surface area contributed by atoms with Crippen LogP contribution in [-0.4, -0.2) is 24.8 Å². The molecule has 8 heteroatoms. The van der Waals surface area contributed by atoms with Crippen molar-refractivity contribution in [2.24, 2.45) is 0 Å². The van der Waals surface area contributed by atoms with Crippen molar-refractivity contribution >= 4 is 23.4 Å². The van der Waals surface area contributed by atoms with E-state index in [4.69, 9.17) is 16.3 Å². The van der Waals surface area contributed by atoms with Gasteiger partial charge in [0.15, 0.2) is 0 Å². The van der Waals surface area contributed by atoms with Crippen molar-refractivity contribution in [1.29, 1.82) is 0 Å². The van der Waals surface area contributed by atoms with E-state index in [0.717, 1.165) is 12.1 Å². The molecule has 1 aromatic rings. The van der Waals surface area contributed by atoms with Crippen molar-refractivity contribution in [2.45, 2.75) is 32.5 Å². The van der Waals surface area contributed by atoms with Gasteiger partial charge in [-0.3, -0.25) is 0 Å². The van der Waals surface area contributed by atoms with Gasteiger partial charge in [0, 0.05) is 23.8 Å². The smallest absolute Gasteiger partial charge is 0.416 e. The second kappa shape index (κ2) is 7.09. The zero-order chi connectivity index (χ0) is 17.0. The Morgan fingerprint density at radius 3 is 2.36 bits per heavy atom. The summed E-state index contributed by atoms with van der Waals surface area (Å²) in [6.45, 7) is 5.63. The number of carbonyl (C=O) groups excluding carboxylic acids is 1. The molecule has 0 saturated heterocycles. The van der Waals surface area contributed by atoms with Gasteiger partial charge >= 0.3 is 12.3 Å². The Balaban J connectivity index is 2.49. The SMILES string of the molecule is CC(C)(C)OC(=O)NCCNc1cc(Cl)cc(C(F)(F)F)c1. The van der Waals surface area contributed by atoms with Crippen LogP contribution in [0.15, 0.2) is 18.2 Å². The lowest BCUT2D eigenvalue weighted by atomic mass is 10.2. The van der Waals surface area contributed by atoms with Gasteiger partial charge in [-0.15, -0.1) is 0 Å². The van der Waals surface area contributed by atoms with Crippen LogP contribution in [-0.2, 0) is 10.9 Å². The molecule has 0 aliphatic rings. The number of benzene rings is 1.